The highest BCUT2D eigenvalue weighted by Gasteiger charge is 2.23. The average molecular weight is 341 g/mol. The van der Waals surface area contributed by atoms with Crippen LogP contribution in [-0.4, -0.2) is 23.6 Å². The fourth-order valence-corrected chi connectivity index (χ4v) is 3.83. The normalized spacial score (nSPS) is 14.7. The first-order chi connectivity index (χ1) is 12.1. The maximum atomic E-state index is 12.7. The van der Waals surface area contributed by atoms with E-state index in [1.165, 1.54) is 31.4 Å². The van der Waals surface area contributed by atoms with Crippen LogP contribution in [0.3, 0.4) is 0 Å². The van der Waals surface area contributed by atoms with E-state index in [-0.39, 0.29) is 12.4 Å². The maximum Gasteiger partial charge on any atom is 0.202 e. The van der Waals surface area contributed by atoms with Crippen LogP contribution in [-0.2, 0) is 0 Å². The number of Topliss-reactive ketones (excluding diaryl/α,β-unsaturated/α-hetero) is 1. The number of aryl methyl sites for hydroxylation is 1. The Morgan fingerprint density at radius 1 is 1.12 bits per heavy atom. The number of ketones is 1. The van der Waals surface area contributed by atoms with Crippen LogP contribution < -0.4 is 9.47 Å². The minimum atomic E-state index is 0.0270. The van der Waals surface area contributed by atoms with E-state index in [1.54, 1.807) is 0 Å². The second-order valence-corrected chi connectivity index (χ2v) is 6.71. The van der Waals surface area contributed by atoms with Gasteiger partial charge in [-0.3, -0.25) is 4.79 Å². The molecule has 1 fully saturated rings. The molecule has 0 amide bonds. The Balaban J connectivity index is 1.69. The highest BCUT2D eigenvalue weighted by atomic mass is 16.5. The SMILES string of the molecule is CCOc1cccc(OCC(=O)c2cc(C)n(C3CCCC3)c2C)c1. The summed E-state index contributed by atoms with van der Waals surface area (Å²) in [6.45, 7) is 6.74. The number of ether oxygens (including phenoxy) is 2. The molecule has 1 aromatic carbocycles. The summed E-state index contributed by atoms with van der Waals surface area (Å²) in [4.78, 5) is 12.7. The summed E-state index contributed by atoms with van der Waals surface area (Å²) >= 11 is 0. The molecule has 0 atom stereocenters. The third-order valence-corrected chi connectivity index (χ3v) is 4.96. The van der Waals surface area contributed by atoms with Crippen molar-refractivity contribution in [1.29, 1.82) is 0 Å². The summed E-state index contributed by atoms with van der Waals surface area (Å²) in [5.41, 5.74) is 3.03. The molecule has 0 spiro atoms. The quantitative estimate of drug-likeness (QED) is 0.674. The van der Waals surface area contributed by atoms with Crippen molar-refractivity contribution in [1.82, 2.24) is 4.57 Å². The standard InChI is InChI=1S/C21H27NO3/c1-4-24-18-10-7-11-19(13-18)25-14-21(23)20-12-15(2)22(16(20)3)17-8-5-6-9-17/h7,10-13,17H,4-6,8-9,14H2,1-3H3. The first-order valence-electron chi connectivity index (χ1n) is 9.17. The molecule has 1 aromatic heterocycles. The average Bonchev–Trinajstić information content (AvgIpc) is 3.21. The Morgan fingerprint density at radius 2 is 1.80 bits per heavy atom. The van der Waals surface area contributed by atoms with Crippen molar-refractivity contribution in [2.24, 2.45) is 0 Å². The molecule has 4 heteroatoms. The molecule has 1 aliphatic rings. The lowest BCUT2D eigenvalue weighted by atomic mass is 10.1. The van der Waals surface area contributed by atoms with E-state index in [2.05, 4.69) is 11.5 Å². The van der Waals surface area contributed by atoms with Crippen molar-refractivity contribution in [3.8, 4) is 11.5 Å². The number of benzene rings is 1. The third-order valence-electron chi connectivity index (χ3n) is 4.96. The van der Waals surface area contributed by atoms with E-state index in [0.717, 1.165) is 17.0 Å². The van der Waals surface area contributed by atoms with Gasteiger partial charge in [-0.2, -0.15) is 0 Å². The van der Waals surface area contributed by atoms with Crippen LogP contribution in [0.5, 0.6) is 11.5 Å². The number of rotatable bonds is 7. The van der Waals surface area contributed by atoms with Crippen LogP contribution >= 0.6 is 0 Å². The maximum absolute atomic E-state index is 12.7. The molecule has 1 saturated carbocycles. The Hall–Kier alpha value is -2.23. The predicted octanol–water partition coefficient (Wildman–Crippen LogP) is 4.88. The Kier molecular flexibility index (Phi) is 5.47. The van der Waals surface area contributed by atoms with E-state index < -0.39 is 0 Å². The number of carbonyl (C=O) groups is 1. The number of hydrogen-bond donors (Lipinski definition) is 0. The zero-order valence-corrected chi connectivity index (χ0v) is 15.4. The molecule has 0 saturated heterocycles. The molecular weight excluding hydrogens is 314 g/mol. The van der Waals surface area contributed by atoms with Crippen LogP contribution in [0, 0.1) is 13.8 Å². The fraction of sp³-hybridized carbons (Fsp3) is 0.476. The van der Waals surface area contributed by atoms with Crippen LogP contribution in [0.15, 0.2) is 30.3 Å². The summed E-state index contributed by atoms with van der Waals surface area (Å²) in [7, 11) is 0. The van der Waals surface area contributed by atoms with Crippen LogP contribution in [0.4, 0.5) is 0 Å². The van der Waals surface area contributed by atoms with Gasteiger partial charge in [0.25, 0.3) is 0 Å². The van der Waals surface area contributed by atoms with Gasteiger partial charge in [0, 0.05) is 29.1 Å². The van der Waals surface area contributed by atoms with Crippen LogP contribution in [0.25, 0.3) is 0 Å². The number of hydrogen-bond acceptors (Lipinski definition) is 3. The van der Waals surface area contributed by atoms with Crippen molar-refractivity contribution < 1.29 is 14.3 Å². The van der Waals surface area contributed by atoms with Gasteiger partial charge in [0.15, 0.2) is 6.61 Å². The van der Waals surface area contributed by atoms with Gasteiger partial charge >= 0.3 is 0 Å². The number of aromatic nitrogens is 1. The molecule has 2 aromatic rings. The lowest BCUT2D eigenvalue weighted by Crippen LogP contribution is -2.14. The van der Waals surface area contributed by atoms with Gasteiger partial charge in [-0.15, -0.1) is 0 Å². The van der Waals surface area contributed by atoms with Crippen molar-refractivity contribution in [3.05, 3.63) is 47.3 Å². The zero-order valence-electron chi connectivity index (χ0n) is 15.4. The van der Waals surface area contributed by atoms with Gasteiger partial charge in [0.1, 0.15) is 11.5 Å². The number of nitrogens with zero attached hydrogens (tertiary/aromatic N) is 1. The lowest BCUT2D eigenvalue weighted by Gasteiger charge is -2.17. The smallest absolute Gasteiger partial charge is 0.202 e. The van der Waals surface area contributed by atoms with Crippen LogP contribution in [0.2, 0.25) is 0 Å². The summed E-state index contributed by atoms with van der Waals surface area (Å²) in [6, 6.07) is 9.97. The van der Waals surface area contributed by atoms with E-state index in [4.69, 9.17) is 9.47 Å². The monoisotopic (exact) mass is 341 g/mol. The molecule has 4 nitrogen and oxygen atoms in total. The van der Waals surface area contributed by atoms with Gasteiger partial charge < -0.3 is 14.0 Å². The van der Waals surface area contributed by atoms with Crippen molar-refractivity contribution in [3.63, 3.8) is 0 Å². The molecule has 25 heavy (non-hydrogen) atoms. The molecule has 3 rings (SSSR count). The molecule has 0 N–H and O–H groups in total. The van der Waals surface area contributed by atoms with Crippen molar-refractivity contribution in [2.45, 2.75) is 52.5 Å². The molecule has 1 aliphatic carbocycles. The topological polar surface area (TPSA) is 40.5 Å². The molecule has 0 aliphatic heterocycles. The number of carbonyl (C=O) groups excluding carboxylic acids is 1. The largest absolute Gasteiger partial charge is 0.494 e. The van der Waals surface area contributed by atoms with Gasteiger partial charge in [-0.05, 0) is 51.8 Å². The molecule has 0 radical (unpaired) electrons. The van der Waals surface area contributed by atoms with Gasteiger partial charge in [-0.25, -0.2) is 0 Å². The summed E-state index contributed by atoms with van der Waals surface area (Å²) in [5, 5.41) is 0. The first-order valence-corrected chi connectivity index (χ1v) is 9.17. The van der Waals surface area contributed by atoms with Crippen LogP contribution in [0.1, 0.15) is 60.4 Å². The Bertz CT molecular complexity index is 742. The second kappa shape index (κ2) is 7.77. The fourth-order valence-electron chi connectivity index (χ4n) is 3.83. The molecule has 0 unspecified atom stereocenters. The van der Waals surface area contributed by atoms with Gasteiger partial charge in [-0.1, -0.05) is 18.9 Å². The van der Waals surface area contributed by atoms with Crippen molar-refractivity contribution in [2.75, 3.05) is 13.2 Å². The van der Waals surface area contributed by atoms with Crippen molar-refractivity contribution >= 4 is 5.78 Å². The molecule has 0 bridgehead atoms. The molecule has 1 heterocycles. The first kappa shape index (κ1) is 17.6. The summed E-state index contributed by atoms with van der Waals surface area (Å²) < 4.78 is 13.5. The highest BCUT2D eigenvalue weighted by Crippen LogP contribution is 2.33. The summed E-state index contributed by atoms with van der Waals surface area (Å²) in [5.74, 6) is 1.44. The Labute approximate surface area is 149 Å². The summed E-state index contributed by atoms with van der Waals surface area (Å²) in [6.07, 6.45) is 4.99. The minimum Gasteiger partial charge on any atom is -0.494 e. The van der Waals surface area contributed by atoms with E-state index in [0.29, 0.717) is 18.4 Å². The zero-order chi connectivity index (χ0) is 17.8. The van der Waals surface area contributed by atoms with Gasteiger partial charge in [0.2, 0.25) is 5.78 Å². The van der Waals surface area contributed by atoms with E-state index in [9.17, 15) is 4.79 Å². The lowest BCUT2D eigenvalue weighted by molar-refractivity contribution is 0.0920. The second-order valence-electron chi connectivity index (χ2n) is 6.71. The third kappa shape index (κ3) is 3.89. The predicted molar refractivity (Wildman–Crippen MR) is 98.8 cm³/mol. The highest BCUT2D eigenvalue weighted by molar-refractivity contribution is 5.98. The Morgan fingerprint density at radius 3 is 2.48 bits per heavy atom. The van der Waals surface area contributed by atoms with E-state index in [1.807, 2.05) is 44.2 Å². The minimum absolute atomic E-state index is 0.0270. The molecular formula is C21H27NO3. The van der Waals surface area contributed by atoms with Gasteiger partial charge in [0.05, 0.1) is 6.61 Å². The molecule has 134 valence electrons. The van der Waals surface area contributed by atoms with E-state index >= 15 is 0 Å².